The monoisotopic (exact) mass is 358 g/mol. The molecule has 0 bridgehead atoms. The van der Waals surface area contributed by atoms with E-state index in [0.29, 0.717) is 0 Å². The van der Waals surface area contributed by atoms with E-state index in [9.17, 15) is 0 Å². The fourth-order valence-corrected chi connectivity index (χ4v) is 4.19. The molecule has 4 heteroatoms. The number of piperidine rings is 1. The van der Waals surface area contributed by atoms with Crippen molar-refractivity contribution in [1.82, 2.24) is 4.90 Å². The third-order valence-corrected chi connectivity index (χ3v) is 5.67. The summed E-state index contributed by atoms with van der Waals surface area (Å²) in [5, 5.41) is 0. The van der Waals surface area contributed by atoms with Crippen LogP contribution in [0.5, 0.6) is 0 Å². The Morgan fingerprint density at radius 3 is 1.96 bits per heavy atom. The topological polar surface area (TPSA) is 29.3 Å². The fraction of sp³-hybridized carbons (Fsp3) is 0.684. The van der Waals surface area contributed by atoms with Gasteiger partial charge >= 0.3 is 0 Å². The molecule has 0 unspecified atom stereocenters. The van der Waals surface area contributed by atoms with Gasteiger partial charge < -0.3 is 10.6 Å². The van der Waals surface area contributed by atoms with Crippen LogP contribution >= 0.6 is 24.8 Å². The highest BCUT2D eigenvalue weighted by Gasteiger charge is 2.25. The van der Waals surface area contributed by atoms with E-state index in [1.54, 1.807) is 5.56 Å². The molecule has 0 amide bonds. The smallest absolute Gasteiger partial charge is 0.000967 e. The van der Waals surface area contributed by atoms with Crippen LogP contribution in [-0.4, -0.2) is 31.1 Å². The molecular formula is C19H32Cl2N2. The van der Waals surface area contributed by atoms with Crippen LogP contribution in [0.2, 0.25) is 0 Å². The zero-order chi connectivity index (χ0) is 14.5. The molecule has 0 spiro atoms. The van der Waals surface area contributed by atoms with Crippen molar-refractivity contribution < 1.29 is 0 Å². The van der Waals surface area contributed by atoms with Crippen molar-refractivity contribution in [2.45, 2.75) is 44.4 Å². The number of likely N-dealkylation sites (tertiary alicyclic amines) is 1. The Labute approximate surface area is 154 Å². The molecule has 23 heavy (non-hydrogen) atoms. The zero-order valence-corrected chi connectivity index (χ0v) is 15.7. The molecule has 2 fully saturated rings. The maximum Gasteiger partial charge on any atom is 0.000967 e. The van der Waals surface area contributed by atoms with Crippen molar-refractivity contribution in [3.05, 3.63) is 35.9 Å². The van der Waals surface area contributed by atoms with E-state index < -0.39 is 0 Å². The molecule has 2 aliphatic rings. The van der Waals surface area contributed by atoms with Crippen LogP contribution in [0, 0.1) is 11.8 Å². The average molecular weight is 359 g/mol. The van der Waals surface area contributed by atoms with Crippen molar-refractivity contribution in [1.29, 1.82) is 0 Å². The molecule has 1 aromatic carbocycles. The van der Waals surface area contributed by atoms with E-state index >= 15 is 0 Å². The van der Waals surface area contributed by atoms with Crippen LogP contribution in [-0.2, 0) is 0 Å². The maximum absolute atomic E-state index is 5.79. The summed E-state index contributed by atoms with van der Waals surface area (Å²) >= 11 is 0. The minimum absolute atomic E-state index is 0. The molecule has 1 aromatic rings. The van der Waals surface area contributed by atoms with E-state index in [-0.39, 0.29) is 24.8 Å². The van der Waals surface area contributed by atoms with Crippen molar-refractivity contribution in [2.75, 3.05) is 26.2 Å². The lowest BCUT2D eigenvalue weighted by Crippen LogP contribution is -2.37. The largest absolute Gasteiger partial charge is 0.330 e. The zero-order valence-electron chi connectivity index (χ0n) is 14.0. The number of nitrogens with two attached hydrogens (primary N) is 1. The van der Waals surface area contributed by atoms with E-state index in [0.717, 1.165) is 24.3 Å². The van der Waals surface area contributed by atoms with Crippen LogP contribution in [0.1, 0.15) is 50.0 Å². The molecule has 0 aromatic heterocycles. The van der Waals surface area contributed by atoms with Gasteiger partial charge in [0, 0.05) is 6.54 Å². The first-order valence-electron chi connectivity index (χ1n) is 8.82. The van der Waals surface area contributed by atoms with E-state index in [4.69, 9.17) is 5.73 Å². The van der Waals surface area contributed by atoms with Gasteiger partial charge in [-0.15, -0.1) is 24.8 Å². The first-order valence-corrected chi connectivity index (χ1v) is 8.82. The molecule has 0 radical (unpaired) electrons. The summed E-state index contributed by atoms with van der Waals surface area (Å²) in [6, 6.07) is 11.1. The maximum atomic E-state index is 5.79. The number of hydrogen-bond donors (Lipinski definition) is 1. The lowest BCUT2D eigenvalue weighted by atomic mass is 9.81. The van der Waals surface area contributed by atoms with Crippen LogP contribution in [0.25, 0.3) is 0 Å². The van der Waals surface area contributed by atoms with Crippen LogP contribution in [0.4, 0.5) is 0 Å². The molecule has 1 aliphatic carbocycles. The van der Waals surface area contributed by atoms with E-state index in [2.05, 4.69) is 35.2 Å². The molecule has 1 saturated heterocycles. The van der Waals surface area contributed by atoms with Crippen LogP contribution in [0.15, 0.2) is 30.3 Å². The third kappa shape index (κ3) is 5.94. The van der Waals surface area contributed by atoms with Gasteiger partial charge in [0.2, 0.25) is 0 Å². The van der Waals surface area contributed by atoms with Gasteiger partial charge in [0.25, 0.3) is 0 Å². The first-order chi connectivity index (χ1) is 10.3. The molecule has 1 aliphatic heterocycles. The first kappa shape index (κ1) is 20.8. The predicted octanol–water partition coefficient (Wildman–Crippen LogP) is 4.47. The average Bonchev–Trinajstić information content (AvgIpc) is 2.57. The Hall–Kier alpha value is -0.280. The SMILES string of the molecule is Cl.Cl.NC[C@H]1CC[C@H](CN2CCC(c3ccccc3)CC2)CC1. The van der Waals surface area contributed by atoms with Crippen LogP contribution in [0.3, 0.4) is 0 Å². The number of benzene rings is 1. The Morgan fingerprint density at radius 1 is 0.826 bits per heavy atom. The van der Waals surface area contributed by atoms with Gasteiger partial charge in [-0.1, -0.05) is 30.3 Å². The van der Waals surface area contributed by atoms with Crippen molar-refractivity contribution in [2.24, 2.45) is 17.6 Å². The second-order valence-electron chi connectivity index (χ2n) is 7.11. The highest BCUT2D eigenvalue weighted by atomic mass is 35.5. The van der Waals surface area contributed by atoms with Crippen LogP contribution < -0.4 is 5.73 Å². The van der Waals surface area contributed by atoms with Crippen molar-refractivity contribution in [3.8, 4) is 0 Å². The van der Waals surface area contributed by atoms with E-state index in [1.807, 2.05) is 0 Å². The molecule has 2 N–H and O–H groups in total. The highest BCUT2D eigenvalue weighted by molar-refractivity contribution is 5.85. The van der Waals surface area contributed by atoms with Gasteiger partial charge in [-0.05, 0) is 81.5 Å². The summed E-state index contributed by atoms with van der Waals surface area (Å²) < 4.78 is 0. The number of halogens is 2. The number of nitrogens with zero attached hydrogens (tertiary/aromatic N) is 1. The Morgan fingerprint density at radius 2 is 1.39 bits per heavy atom. The summed E-state index contributed by atoms with van der Waals surface area (Å²) in [5.41, 5.74) is 7.34. The van der Waals surface area contributed by atoms with Gasteiger partial charge in [-0.2, -0.15) is 0 Å². The normalized spacial score (nSPS) is 26.1. The Kier molecular flexibility index (Phi) is 9.53. The Bertz CT molecular complexity index is 411. The fourth-order valence-electron chi connectivity index (χ4n) is 4.19. The summed E-state index contributed by atoms with van der Waals surface area (Å²) in [6.45, 7) is 4.81. The molecular weight excluding hydrogens is 327 g/mol. The highest BCUT2D eigenvalue weighted by Crippen LogP contribution is 2.31. The quantitative estimate of drug-likeness (QED) is 0.859. The standard InChI is InChI=1S/C19H30N2.2ClH/c20-14-16-6-8-17(9-7-16)15-21-12-10-19(11-13-21)18-4-2-1-3-5-18;;/h1-5,16-17,19H,6-15,20H2;2*1H/t16-,17-;;. The molecule has 1 saturated carbocycles. The summed E-state index contributed by atoms with van der Waals surface area (Å²) in [4.78, 5) is 2.72. The molecule has 3 rings (SSSR count). The second kappa shape index (κ2) is 10.6. The Balaban J connectivity index is 0.00000132. The molecule has 0 atom stereocenters. The van der Waals surface area contributed by atoms with Gasteiger partial charge in [-0.25, -0.2) is 0 Å². The predicted molar refractivity (Wildman–Crippen MR) is 104 cm³/mol. The molecule has 2 nitrogen and oxygen atoms in total. The summed E-state index contributed by atoms with van der Waals surface area (Å²) in [7, 11) is 0. The number of hydrogen-bond acceptors (Lipinski definition) is 2. The van der Waals surface area contributed by atoms with Gasteiger partial charge in [0.1, 0.15) is 0 Å². The van der Waals surface area contributed by atoms with Gasteiger partial charge in [-0.3, -0.25) is 0 Å². The van der Waals surface area contributed by atoms with E-state index in [1.165, 1.54) is 58.2 Å². The van der Waals surface area contributed by atoms with Crippen molar-refractivity contribution in [3.63, 3.8) is 0 Å². The number of rotatable bonds is 4. The van der Waals surface area contributed by atoms with Gasteiger partial charge in [0.15, 0.2) is 0 Å². The van der Waals surface area contributed by atoms with Gasteiger partial charge in [0.05, 0.1) is 0 Å². The van der Waals surface area contributed by atoms with Crippen molar-refractivity contribution >= 4 is 24.8 Å². The molecule has 132 valence electrons. The lowest BCUT2D eigenvalue weighted by Gasteiger charge is -2.36. The second-order valence-corrected chi connectivity index (χ2v) is 7.11. The molecule has 1 heterocycles. The minimum Gasteiger partial charge on any atom is -0.330 e. The minimum atomic E-state index is 0. The lowest BCUT2D eigenvalue weighted by molar-refractivity contribution is 0.152. The summed E-state index contributed by atoms with van der Waals surface area (Å²) in [5.74, 6) is 2.53. The third-order valence-electron chi connectivity index (χ3n) is 5.67. The summed E-state index contributed by atoms with van der Waals surface area (Å²) in [6.07, 6.45) is 8.20.